The Morgan fingerprint density at radius 1 is 1.40 bits per heavy atom. The van der Waals surface area contributed by atoms with E-state index in [9.17, 15) is 4.79 Å². The summed E-state index contributed by atoms with van der Waals surface area (Å²) in [5.74, 6) is -0.150. The standard InChI is InChI=1S/C12H24O2Si/c1-7-14-12(13)11(3)8-10(2)9-15(4,5)6/h11H,2,7-9H2,1,3-6H3. The molecule has 0 saturated carbocycles. The van der Waals surface area contributed by atoms with Gasteiger partial charge in [-0.3, -0.25) is 4.79 Å². The van der Waals surface area contributed by atoms with E-state index in [2.05, 4.69) is 26.2 Å². The van der Waals surface area contributed by atoms with E-state index in [1.54, 1.807) is 0 Å². The van der Waals surface area contributed by atoms with Gasteiger partial charge in [0.15, 0.2) is 0 Å². The number of esters is 1. The van der Waals surface area contributed by atoms with Crippen LogP contribution in [0.2, 0.25) is 25.7 Å². The normalized spacial score (nSPS) is 13.4. The SMILES string of the molecule is C=C(CC(C)C(=O)OCC)C[Si](C)(C)C. The van der Waals surface area contributed by atoms with Crippen LogP contribution in [0.5, 0.6) is 0 Å². The molecule has 1 unspecified atom stereocenters. The van der Waals surface area contributed by atoms with Crippen LogP contribution >= 0.6 is 0 Å². The molecule has 2 nitrogen and oxygen atoms in total. The van der Waals surface area contributed by atoms with Crippen LogP contribution in [0.3, 0.4) is 0 Å². The molecule has 0 bridgehead atoms. The molecular weight excluding hydrogens is 204 g/mol. The maximum absolute atomic E-state index is 11.4. The molecule has 0 fully saturated rings. The van der Waals surface area contributed by atoms with Gasteiger partial charge < -0.3 is 4.74 Å². The first-order chi connectivity index (χ1) is 6.76. The van der Waals surface area contributed by atoms with E-state index in [0.29, 0.717) is 6.61 Å². The van der Waals surface area contributed by atoms with E-state index in [1.807, 2.05) is 13.8 Å². The van der Waals surface area contributed by atoms with Gasteiger partial charge in [0.2, 0.25) is 0 Å². The number of hydrogen-bond acceptors (Lipinski definition) is 2. The average molecular weight is 228 g/mol. The third-order valence-corrected chi connectivity index (χ3v) is 3.62. The molecule has 0 heterocycles. The topological polar surface area (TPSA) is 26.3 Å². The first-order valence-electron chi connectivity index (χ1n) is 5.59. The zero-order valence-corrected chi connectivity index (χ0v) is 11.7. The summed E-state index contributed by atoms with van der Waals surface area (Å²) < 4.78 is 4.97. The van der Waals surface area contributed by atoms with Crippen LogP contribution in [0, 0.1) is 5.92 Å². The highest BCUT2D eigenvalue weighted by Crippen LogP contribution is 2.21. The number of ether oxygens (including phenoxy) is 1. The van der Waals surface area contributed by atoms with Crippen molar-refractivity contribution in [2.45, 2.75) is 46.0 Å². The zero-order valence-electron chi connectivity index (χ0n) is 10.7. The van der Waals surface area contributed by atoms with E-state index in [4.69, 9.17) is 4.74 Å². The molecule has 0 rings (SSSR count). The van der Waals surface area contributed by atoms with Crippen molar-refractivity contribution in [3.05, 3.63) is 12.2 Å². The van der Waals surface area contributed by atoms with Gasteiger partial charge in [0.25, 0.3) is 0 Å². The van der Waals surface area contributed by atoms with Gasteiger partial charge in [0.05, 0.1) is 12.5 Å². The molecule has 0 aromatic heterocycles. The molecule has 0 aliphatic carbocycles. The van der Waals surface area contributed by atoms with Gasteiger partial charge in [-0.25, -0.2) is 0 Å². The van der Waals surface area contributed by atoms with Gasteiger partial charge in [0.1, 0.15) is 0 Å². The summed E-state index contributed by atoms with van der Waals surface area (Å²) >= 11 is 0. The summed E-state index contributed by atoms with van der Waals surface area (Å²) in [5.41, 5.74) is 1.19. The molecule has 0 aliphatic rings. The van der Waals surface area contributed by atoms with Crippen molar-refractivity contribution < 1.29 is 9.53 Å². The van der Waals surface area contributed by atoms with Crippen molar-refractivity contribution in [3.63, 3.8) is 0 Å². The summed E-state index contributed by atoms with van der Waals surface area (Å²) in [7, 11) is -1.09. The van der Waals surface area contributed by atoms with Gasteiger partial charge in [-0.1, -0.05) is 32.1 Å². The number of carbonyl (C=O) groups is 1. The lowest BCUT2D eigenvalue weighted by molar-refractivity contribution is -0.147. The first-order valence-corrected chi connectivity index (χ1v) is 9.30. The van der Waals surface area contributed by atoms with E-state index in [-0.39, 0.29) is 11.9 Å². The second kappa shape index (κ2) is 6.11. The third-order valence-electron chi connectivity index (χ3n) is 2.06. The smallest absolute Gasteiger partial charge is 0.308 e. The largest absolute Gasteiger partial charge is 0.466 e. The molecule has 1 atom stereocenters. The predicted octanol–water partition coefficient (Wildman–Crippen LogP) is 3.47. The summed E-state index contributed by atoms with van der Waals surface area (Å²) in [4.78, 5) is 11.4. The van der Waals surface area contributed by atoms with E-state index in [0.717, 1.165) is 12.5 Å². The lowest BCUT2D eigenvalue weighted by Gasteiger charge is -2.19. The number of carbonyl (C=O) groups excluding carboxylic acids is 1. The number of allylic oxidation sites excluding steroid dienone is 1. The third kappa shape index (κ3) is 7.37. The van der Waals surface area contributed by atoms with Gasteiger partial charge in [-0.05, 0) is 19.4 Å². The fourth-order valence-electron chi connectivity index (χ4n) is 1.62. The van der Waals surface area contributed by atoms with Crippen LogP contribution in [0.15, 0.2) is 12.2 Å². The Balaban J connectivity index is 4.02. The second-order valence-corrected chi connectivity index (χ2v) is 10.8. The molecule has 3 heteroatoms. The van der Waals surface area contributed by atoms with Crippen molar-refractivity contribution in [2.24, 2.45) is 5.92 Å². The van der Waals surface area contributed by atoms with Gasteiger partial charge in [-0.2, -0.15) is 0 Å². The van der Waals surface area contributed by atoms with Gasteiger partial charge in [-0.15, -0.1) is 6.58 Å². The van der Waals surface area contributed by atoms with E-state index in [1.165, 1.54) is 5.57 Å². The lowest BCUT2D eigenvalue weighted by Crippen LogP contribution is -2.22. The maximum Gasteiger partial charge on any atom is 0.308 e. The molecular formula is C12H24O2Si. The Hall–Kier alpha value is -0.573. The molecule has 0 aromatic rings. The monoisotopic (exact) mass is 228 g/mol. The van der Waals surface area contributed by atoms with Crippen molar-refractivity contribution in [2.75, 3.05) is 6.61 Å². The minimum atomic E-state index is -1.09. The quantitative estimate of drug-likeness (QED) is 0.395. The number of hydrogen-bond donors (Lipinski definition) is 0. The van der Waals surface area contributed by atoms with E-state index < -0.39 is 8.07 Å². The summed E-state index contributed by atoms with van der Waals surface area (Å²) in [6, 6.07) is 1.09. The molecule has 0 spiro atoms. The zero-order chi connectivity index (χ0) is 12.1. The Morgan fingerprint density at radius 2 is 1.93 bits per heavy atom. The molecule has 0 aliphatic heterocycles. The van der Waals surface area contributed by atoms with Crippen LogP contribution in [0.25, 0.3) is 0 Å². The second-order valence-electron chi connectivity index (χ2n) is 5.34. The van der Waals surface area contributed by atoms with Crippen LogP contribution < -0.4 is 0 Å². The molecule has 88 valence electrons. The highest BCUT2D eigenvalue weighted by Gasteiger charge is 2.19. The predicted molar refractivity (Wildman–Crippen MR) is 67.7 cm³/mol. The molecule has 0 saturated heterocycles. The number of rotatable bonds is 6. The highest BCUT2D eigenvalue weighted by atomic mass is 28.3. The average Bonchev–Trinajstić information content (AvgIpc) is 2.00. The Kier molecular flexibility index (Phi) is 5.87. The molecule has 0 aromatic carbocycles. The summed E-state index contributed by atoms with van der Waals surface area (Å²) in [6.45, 7) is 15.2. The lowest BCUT2D eigenvalue weighted by atomic mass is 10.0. The molecule has 15 heavy (non-hydrogen) atoms. The minimum Gasteiger partial charge on any atom is -0.466 e. The van der Waals surface area contributed by atoms with Gasteiger partial charge in [0, 0.05) is 8.07 Å². The van der Waals surface area contributed by atoms with E-state index >= 15 is 0 Å². The summed E-state index contributed by atoms with van der Waals surface area (Å²) in [6.07, 6.45) is 0.767. The van der Waals surface area contributed by atoms with Crippen molar-refractivity contribution in [1.82, 2.24) is 0 Å². The minimum absolute atomic E-state index is 0.0474. The van der Waals surface area contributed by atoms with Crippen molar-refractivity contribution >= 4 is 14.0 Å². The summed E-state index contributed by atoms with van der Waals surface area (Å²) in [5, 5.41) is 0. The van der Waals surface area contributed by atoms with Crippen LogP contribution in [0.4, 0.5) is 0 Å². The maximum atomic E-state index is 11.4. The van der Waals surface area contributed by atoms with Crippen LogP contribution in [-0.4, -0.2) is 20.7 Å². The van der Waals surface area contributed by atoms with Gasteiger partial charge >= 0.3 is 5.97 Å². The van der Waals surface area contributed by atoms with Crippen molar-refractivity contribution in [1.29, 1.82) is 0 Å². The Morgan fingerprint density at radius 3 is 2.33 bits per heavy atom. The van der Waals surface area contributed by atoms with Crippen LogP contribution in [0.1, 0.15) is 20.3 Å². The fourth-order valence-corrected chi connectivity index (χ4v) is 3.27. The molecule has 0 amide bonds. The Labute approximate surface area is 94.7 Å². The first kappa shape index (κ1) is 14.4. The molecule has 0 N–H and O–H groups in total. The van der Waals surface area contributed by atoms with Crippen molar-refractivity contribution in [3.8, 4) is 0 Å². The molecule has 0 radical (unpaired) electrons. The van der Waals surface area contributed by atoms with Crippen LogP contribution in [-0.2, 0) is 9.53 Å². The highest BCUT2D eigenvalue weighted by molar-refractivity contribution is 6.76. The fraction of sp³-hybridized carbons (Fsp3) is 0.750. The Bertz CT molecular complexity index is 228.